The van der Waals surface area contributed by atoms with Crippen molar-refractivity contribution in [3.8, 4) is 17.2 Å². The second kappa shape index (κ2) is 8.89. The number of anilines is 1. The Morgan fingerprint density at radius 2 is 1.66 bits per heavy atom. The molecule has 3 nitrogen and oxygen atoms in total. The number of hydrogen-bond acceptors (Lipinski definition) is 2. The number of nitriles is 1. The number of hydrogen-bond donors (Lipinski definition) is 0. The molecule has 0 fully saturated rings. The van der Waals surface area contributed by atoms with E-state index in [1.54, 1.807) is 12.1 Å². The molecule has 3 heteroatoms. The van der Waals surface area contributed by atoms with E-state index in [9.17, 15) is 4.79 Å². The van der Waals surface area contributed by atoms with Gasteiger partial charge in [-0.2, -0.15) is 5.26 Å². The molecule has 1 heterocycles. The standard InChI is InChI=1S/C32H28N2O/c1-20(2)25-14-9-21(3)31-26(15-22(4)28(31)16-25)17-29-27-7-5-6-8-30(27)34(32(29)35)19-24-12-10-23(18-33)11-13-24/h5-17,20H,19H2,1-4H3/b29-17+. The van der Waals surface area contributed by atoms with Crippen LogP contribution in [0.3, 0.4) is 0 Å². The van der Waals surface area contributed by atoms with Crippen LogP contribution >= 0.6 is 0 Å². The van der Waals surface area contributed by atoms with Crippen molar-refractivity contribution in [2.45, 2.75) is 40.2 Å². The average Bonchev–Trinajstić information content (AvgIpc) is 3.21. The normalized spacial score (nSPS) is 14.1. The highest BCUT2D eigenvalue weighted by atomic mass is 16.2. The molecule has 1 amide bonds. The van der Waals surface area contributed by atoms with Crippen LogP contribution in [0.4, 0.5) is 5.69 Å². The summed E-state index contributed by atoms with van der Waals surface area (Å²) in [6.07, 6.45) is 2.07. The topological polar surface area (TPSA) is 44.1 Å². The summed E-state index contributed by atoms with van der Waals surface area (Å²) >= 11 is 0. The van der Waals surface area contributed by atoms with Crippen LogP contribution in [0, 0.1) is 25.2 Å². The minimum absolute atomic E-state index is 0.00314. The summed E-state index contributed by atoms with van der Waals surface area (Å²) in [4.78, 5) is 15.6. The van der Waals surface area contributed by atoms with Gasteiger partial charge in [0.05, 0.1) is 23.9 Å². The van der Waals surface area contributed by atoms with Gasteiger partial charge in [-0.1, -0.05) is 68.4 Å². The Hall–Kier alpha value is -4.16. The molecule has 0 spiro atoms. The molecule has 2 aromatic carbocycles. The summed E-state index contributed by atoms with van der Waals surface area (Å²) in [5, 5.41) is 9.09. The zero-order valence-corrected chi connectivity index (χ0v) is 20.6. The van der Waals surface area contributed by atoms with Crippen LogP contribution in [0.2, 0.25) is 0 Å². The lowest BCUT2D eigenvalue weighted by atomic mass is 9.99. The average molecular weight is 457 g/mol. The monoisotopic (exact) mass is 456 g/mol. The van der Waals surface area contributed by atoms with Gasteiger partial charge in [0.25, 0.3) is 5.91 Å². The second-order valence-electron chi connectivity index (χ2n) is 9.66. The highest BCUT2D eigenvalue weighted by Gasteiger charge is 2.32. The summed E-state index contributed by atoms with van der Waals surface area (Å²) in [7, 11) is 0. The zero-order chi connectivity index (χ0) is 24.7. The molecule has 0 saturated carbocycles. The lowest BCUT2D eigenvalue weighted by Crippen LogP contribution is -2.25. The Bertz CT molecular complexity index is 1490. The number of fused-ring (bicyclic) bond motifs is 2. The largest absolute Gasteiger partial charge is 0.303 e. The fourth-order valence-electron chi connectivity index (χ4n) is 4.98. The minimum atomic E-state index is 0.00314. The predicted octanol–water partition coefficient (Wildman–Crippen LogP) is 7.49. The number of carbonyl (C=O) groups excluding carboxylic acids is 1. The number of amides is 1. The first kappa shape index (κ1) is 22.6. The fourth-order valence-corrected chi connectivity index (χ4v) is 4.98. The van der Waals surface area contributed by atoms with Crippen molar-refractivity contribution in [3.63, 3.8) is 0 Å². The number of rotatable bonds is 4. The third-order valence-corrected chi connectivity index (χ3v) is 6.94. The maximum Gasteiger partial charge on any atom is 0.259 e. The van der Waals surface area contributed by atoms with Gasteiger partial charge in [0.15, 0.2) is 0 Å². The number of carbonyl (C=O) groups is 1. The SMILES string of the molecule is Cc1cc(/C=C2/C(=O)N(Cc3ccc(C#N)cc3)c3ccccc32)c2c(C)ccc(C(C)C)cc1-2. The smallest absolute Gasteiger partial charge is 0.259 e. The molecule has 0 aromatic heterocycles. The molecule has 2 aliphatic carbocycles. The first-order chi connectivity index (χ1) is 16.9. The number of aryl methyl sites for hydroxylation is 2. The van der Waals surface area contributed by atoms with Crippen LogP contribution in [0.25, 0.3) is 22.8 Å². The van der Waals surface area contributed by atoms with Crippen molar-refractivity contribution in [1.82, 2.24) is 0 Å². The van der Waals surface area contributed by atoms with Gasteiger partial charge in [-0.05, 0) is 83.0 Å². The molecule has 0 bridgehead atoms. The molecule has 35 heavy (non-hydrogen) atoms. The van der Waals surface area contributed by atoms with Crippen LogP contribution in [-0.4, -0.2) is 5.91 Å². The van der Waals surface area contributed by atoms with Gasteiger partial charge in [-0.25, -0.2) is 0 Å². The third kappa shape index (κ3) is 4.02. The summed E-state index contributed by atoms with van der Waals surface area (Å²) in [5.74, 6) is 0.448. The lowest BCUT2D eigenvalue weighted by Gasteiger charge is -2.17. The van der Waals surface area contributed by atoms with Crippen molar-refractivity contribution in [2.24, 2.45) is 0 Å². The molecule has 0 radical (unpaired) electrons. The maximum atomic E-state index is 13.7. The van der Waals surface area contributed by atoms with Crippen LogP contribution < -0.4 is 4.90 Å². The van der Waals surface area contributed by atoms with E-state index in [1.165, 1.54) is 27.8 Å². The molecular weight excluding hydrogens is 428 g/mol. The zero-order valence-electron chi connectivity index (χ0n) is 20.6. The molecule has 172 valence electrons. The van der Waals surface area contributed by atoms with Gasteiger partial charge in [-0.15, -0.1) is 0 Å². The van der Waals surface area contributed by atoms with Gasteiger partial charge in [0.2, 0.25) is 0 Å². The molecule has 0 atom stereocenters. The second-order valence-corrected chi connectivity index (χ2v) is 9.66. The van der Waals surface area contributed by atoms with Crippen LogP contribution in [0.15, 0.2) is 72.8 Å². The molecular formula is C32H28N2O. The Morgan fingerprint density at radius 3 is 2.37 bits per heavy atom. The van der Waals surface area contributed by atoms with Crippen molar-refractivity contribution >= 4 is 23.2 Å². The highest BCUT2D eigenvalue weighted by molar-refractivity contribution is 6.36. The summed E-state index contributed by atoms with van der Waals surface area (Å²) in [6.45, 7) is 9.19. The Morgan fingerprint density at radius 1 is 0.914 bits per heavy atom. The van der Waals surface area contributed by atoms with Gasteiger partial charge < -0.3 is 4.90 Å². The van der Waals surface area contributed by atoms with Crippen LogP contribution in [0.1, 0.15) is 58.7 Å². The molecule has 2 aromatic rings. The van der Waals surface area contributed by atoms with E-state index in [2.05, 4.69) is 64.1 Å². The number of benzene rings is 2. The maximum absolute atomic E-state index is 13.7. The minimum Gasteiger partial charge on any atom is -0.303 e. The molecule has 0 saturated heterocycles. The first-order valence-corrected chi connectivity index (χ1v) is 12.0. The van der Waals surface area contributed by atoms with E-state index in [0.29, 0.717) is 18.0 Å². The van der Waals surface area contributed by atoms with Gasteiger partial charge in [-0.3, -0.25) is 4.79 Å². The lowest BCUT2D eigenvalue weighted by molar-refractivity contribution is -0.113. The Balaban J connectivity index is 1.59. The van der Waals surface area contributed by atoms with E-state index < -0.39 is 0 Å². The predicted molar refractivity (Wildman–Crippen MR) is 143 cm³/mol. The summed E-state index contributed by atoms with van der Waals surface area (Å²) < 4.78 is 0. The van der Waals surface area contributed by atoms with Gasteiger partial charge in [0, 0.05) is 11.1 Å². The summed E-state index contributed by atoms with van der Waals surface area (Å²) in [6, 6.07) is 26.5. The van der Waals surface area contributed by atoms with E-state index in [1.807, 2.05) is 41.3 Å². The number of nitrogens with zero attached hydrogens (tertiary/aromatic N) is 2. The van der Waals surface area contributed by atoms with Crippen molar-refractivity contribution in [1.29, 1.82) is 5.26 Å². The van der Waals surface area contributed by atoms with E-state index in [-0.39, 0.29) is 5.91 Å². The molecule has 1 aliphatic heterocycles. The van der Waals surface area contributed by atoms with Crippen molar-refractivity contribution in [2.75, 3.05) is 4.90 Å². The van der Waals surface area contributed by atoms with E-state index >= 15 is 0 Å². The van der Waals surface area contributed by atoms with Crippen LogP contribution in [0.5, 0.6) is 0 Å². The fraction of sp³-hybridized carbons (Fsp3) is 0.188. The van der Waals surface area contributed by atoms with Gasteiger partial charge >= 0.3 is 0 Å². The Kier molecular flexibility index (Phi) is 5.75. The summed E-state index contributed by atoms with van der Waals surface area (Å²) in [5.41, 5.74) is 11.5. The molecule has 0 unspecified atom stereocenters. The molecule has 0 N–H and O–H groups in total. The molecule has 5 rings (SSSR count). The number of para-hydroxylation sites is 1. The molecule has 3 aliphatic rings. The first-order valence-electron chi connectivity index (χ1n) is 12.0. The highest BCUT2D eigenvalue weighted by Crippen LogP contribution is 2.42. The van der Waals surface area contributed by atoms with Crippen LogP contribution in [-0.2, 0) is 11.3 Å². The third-order valence-electron chi connectivity index (χ3n) is 6.94. The Labute approximate surface area is 207 Å². The van der Waals surface area contributed by atoms with E-state index in [4.69, 9.17) is 5.26 Å². The van der Waals surface area contributed by atoms with Crippen molar-refractivity contribution in [3.05, 3.63) is 112 Å². The van der Waals surface area contributed by atoms with E-state index in [0.717, 1.165) is 28.0 Å². The quantitative estimate of drug-likeness (QED) is 0.299. The van der Waals surface area contributed by atoms with Gasteiger partial charge in [0.1, 0.15) is 0 Å². The van der Waals surface area contributed by atoms with Crippen molar-refractivity contribution < 1.29 is 4.79 Å².